The predicted molar refractivity (Wildman–Crippen MR) is 78.3 cm³/mol. The van der Waals surface area contributed by atoms with Gasteiger partial charge in [0.15, 0.2) is 9.84 Å². The number of nitrogens with zero attached hydrogens (tertiary/aromatic N) is 1. The molecule has 0 spiro atoms. The summed E-state index contributed by atoms with van der Waals surface area (Å²) in [5.41, 5.74) is 0. The highest BCUT2D eigenvalue weighted by molar-refractivity contribution is 7.91. The monoisotopic (exact) mass is 303 g/mol. The van der Waals surface area contributed by atoms with E-state index in [9.17, 15) is 13.2 Å². The van der Waals surface area contributed by atoms with E-state index in [0.29, 0.717) is 6.54 Å². The normalized spacial score (nSPS) is 28.1. The minimum Gasteiger partial charge on any atom is -0.353 e. The Balaban J connectivity index is 1.73. The number of carbonyl (C=O) groups is 1. The second-order valence-electron chi connectivity index (χ2n) is 5.75. The third-order valence-electron chi connectivity index (χ3n) is 4.13. The summed E-state index contributed by atoms with van der Waals surface area (Å²) in [7, 11) is -2.97. The molecular weight excluding hydrogens is 278 g/mol. The Kier molecular flexibility index (Phi) is 5.40. The van der Waals surface area contributed by atoms with Crippen LogP contribution in [0.25, 0.3) is 0 Å². The molecule has 1 amide bonds. The van der Waals surface area contributed by atoms with Crippen LogP contribution in [0.3, 0.4) is 0 Å². The van der Waals surface area contributed by atoms with Crippen LogP contribution in [-0.2, 0) is 14.6 Å². The van der Waals surface area contributed by atoms with Crippen molar-refractivity contribution in [3.63, 3.8) is 0 Å². The first kappa shape index (κ1) is 15.7. The van der Waals surface area contributed by atoms with Crippen molar-refractivity contribution >= 4 is 15.7 Å². The number of likely N-dealkylation sites (tertiary alicyclic amines) is 1. The molecule has 2 fully saturated rings. The Hall–Kier alpha value is -0.660. The van der Waals surface area contributed by atoms with Gasteiger partial charge in [-0.1, -0.05) is 6.92 Å². The van der Waals surface area contributed by atoms with E-state index in [1.54, 1.807) is 0 Å². The summed E-state index contributed by atoms with van der Waals surface area (Å²) in [6.07, 6.45) is 2.22. The van der Waals surface area contributed by atoms with Crippen molar-refractivity contribution in [2.45, 2.75) is 38.3 Å². The molecule has 2 heterocycles. The number of hydrogen-bond donors (Lipinski definition) is 2. The Bertz CT molecular complexity index is 430. The summed E-state index contributed by atoms with van der Waals surface area (Å²) in [6, 6.07) is 0.00924. The maximum absolute atomic E-state index is 12.0. The SMILES string of the molecule is CCN1CCC(NC(=O)CC2CS(=O)(=O)CCN2)CC1. The molecule has 0 aromatic carbocycles. The molecule has 0 aromatic rings. The van der Waals surface area contributed by atoms with Crippen LogP contribution in [0.4, 0.5) is 0 Å². The average molecular weight is 303 g/mol. The van der Waals surface area contributed by atoms with Gasteiger partial charge in [-0.25, -0.2) is 8.42 Å². The van der Waals surface area contributed by atoms with E-state index in [1.807, 2.05) is 0 Å². The van der Waals surface area contributed by atoms with Gasteiger partial charge in [-0.05, 0) is 19.4 Å². The number of nitrogens with one attached hydrogen (secondary N) is 2. The summed E-state index contributed by atoms with van der Waals surface area (Å²) in [5.74, 6) is 0.226. The molecule has 2 saturated heterocycles. The van der Waals surface area contributed by atoms with Crippen molar-refractivity contribution in [1.29, 1.82) is 0 Å². The zero-order valence-electron chi connectivity index (χ0n) is 12.1. The zero-order valence-corrected chi connectivity index (χ0v) is 12.9. The van der Waals surface area contributed by atoms with Gasteiger partial charge in [-0.15, -0.1) is 0 Å². The van der Waals surface area contributed by atoms with Gasteiger partial charge in [-0.2, -0.15) is 0 Å². The lowest BCUT2D eigenvalue weighted by Gasteiger charge is -2.32. The van der Waals surface area contributed by atoms with E-state index in [-0.39, 0.29) is 35.9 Å². The summed E-state index contributed by atoms with van der Waals surface area (Å²) in [6.45, 7) is 5.71. The molecule has 2 aliphatic rings. The largest absolute Gasteiger partial charge is 0.353 e. The Morgan fingerprint density at radius 1 is 1.35 bits per heavy atom. The predicted octanol–water partition coefficient (Wildman–Crippen LogP) is -0.636. The van der Waals surface area contributed by atoms with Crippen LogP contribution in [0.15, 0.2) is 0 Å². The molecule has 2 rings (SSSR count). The number of carbonyl (C=O) groups excluding carboxylic acids is 1. The molecule has 6 nitrogen and oxygen atoms in total. The van der Waals surface area contributed by atoms with Gasteiger partial charge in [0.1, 0.15) is 0 Å². The van der Waals surface area contributed by atoms with Gasteiger partial charge >= 0.3 is 0 Å². The number of piperidine rings is 1. The summed E-state index contributed by atoms with van der Waals surface area (Å²) in [5, 5.41) is 6.15. The molecule has 2 aliphatic heterocycles. The fourth-order valence-corrected chi connectivity index (χ4v) is 4.35. The summed E-state index contributed by atoms with van der Waals surface area (Å²) in [4.78, 5) is 14.4. The van der Waals surface area contributed by atoms with E-state index in [2.05, 4.69) is 22.5 Å². The third-order valence-corrected chi connectivity index (χ3v) is 5.87. The van der Waals surface area contributed by atoms with Crippen molar-refractivity contribution in [3.8, 4) is 0 Å². The van der Waals surface area contributed by atoms with E-state index >= 15 is 0 Å². The van der Waals surface area contributed by atoms with Crippen molar-refractivity contribution in [1.82, 2.24) is 15.5 Å². The minimum absolute atomic E-state index is 0.0328. The number of sulfone groups is 1. The standard InChI is InChI=1S/C13H25N3O3S/c1-2-16-6-3-11(4-7-16)15-13(17)9-12-10-20(18,19)8-5-14-12/h11-12,14H,2-10H2,1H3,(H,15,17). The Morgan fingerprint density at radius 2 is 2.05 bits per heavy atom. The quantitative estimate of drug-likeness (QED) is 0.722. The maximum Gasteiger partial charge on any atom is 0.221 e. The van der Waals surface area contributed by atoms with Gasteiger partial charge in [0.2, 0.25) is 5.91 Å². The molecule has 116 valence electrons. The molecule has 1 unspecified atom stereocenters. The van der Waals surface area contributed by atoms with Crippen LogP contribution in [0.2, 0.25) is 0 Å². The van der Waals surface area contributed by atoms with Crippen LogP contribution in [-0.4, -0.2) is 69.0 Å². The second kappa shape index (κ2) is 6.87. The van der Waals surface area contributed by atoms with Crippen molar-refractivity contribution in [2.75, 3.05) is 37.7 Å². The van der Waals surface area contributed by atoms with Gasteiger partial charge in [-0.3, -0.25) is 4.79 Å². The summed E-state index contributed by atoms with van der Waals surface area (Å²) >= 11 is 0. The molecule has 0 saturated carbocycles. The number of rotatable bonds is 4. The van der Waals surface area contributed by atoms with Crippen LogP contribution in [0.1, 0.15) is 26.2 Å². The van der Waals surface area contributed by atoms with Crippen LogP contribution in [0, 0.1) is 0 Å². The number of amides is 1. The molecule has 7 heteroatoms. The fraction of sp³-hybridized carbons (Fsp3) is 0.923. The zero-order chi connectivity index (χ0) is 14.6. The highest BCUT2D eigenvalue weighted by Crippen LogP contribution is 2.11. The molecule has 20 heavy (non-hydrogen) atoms. The molecule has 0 radical (unpaired) electrons. The third kappa shape index (κ3) is 4.71. The van der Waals surface area contributed by atoms with Crippen LogP contribution >= 0.6 is 0 Å². The van der Waals surface area contributed by atoms with Crippen LogP contribution < -0.4 is 10.6 Å². The highest BCUT2D eigenvalue weighted by atomic mass is 32.2. The molecule has 0 aromatic heterocycles. The first-order valence-electron chi connectivity index (χ1n) is 7.44. The van der Waals surface area contributed by atoms with Gasteiger partial charge in [0, 0.05) is 38.1 Å². The Labute approximate surface area is 121 Å². The lowest BCUT2D eigenvalue weighted by molar-refractivity contribution is -0.122. The van der Waals surface area contributed by atoms with Gasteiger partial charge in [0.25, 0.3) is 0 Å². The molecule has 1 atom stereocenters. The molecule has 0 bridgehead atoms. The lowest BCUT2D eigenvalue weighted by atomic mass is 10.0. The highest BCUT2D eigenvalue weighted by Gasteiger charge is 2.27. The van der Waals surface area contributed by atoms with Crippen LogP contribution in [0.5, 0.6) is 0 Å². The van der Waals surface area contributed by atoms with E-state index in [1.165, 1.54) is 0 Å². The maximum atomic E-state index is 12.0. The van der Waals surface area contributed by atoms with Gasteiger partial charge in [0.05, 0.1) is 11.5 Å². The second-order valence-corrected chi connectivity index (χ2v) is 7.97. The first-order valence-corrected chi connectivity index (χ1v) is 9.26. The van der Waals surface area contributed by atoms with E-state index in [4.69, 9.17) is 0 Å². The Morgan fingerprint density at radius 3 is 2.65 bits per heavy atom. The minimum atomic E-state index is -2.97. The topological polar surface area (TPSA) is 78.5 Å². The van der Waals surface area contributed by atoms with Crippen molar-refractivity contribution in [3.05, 3.63) is 0 Å². The van der Waals surface area contributed by atoms with Crippen molar-refractivity contribution in [2.24, 2.45) is 0 Å². The smallest absolute Gasteiger partial charge is 0.221 e. The van der Waals surface area contributed by atoms with Gasteiger partial charge < -0.3 is 15.5 Å². The molecule has 2 N–H and O–H groups in total. The summed E-state index contributed by atoms with van der Waals surface area (Å²) < 4.78 is 23.0. The van der Waals surface area contributed by atoms with Crippen molar-refractivity contribution < 1.29 is 13.2 Å². The van der Waals surface area contributed by atoms with E-state index < -0.39 is 9.84 Å². The fourth-order valence-electron chi connectivity index (χ4n) is 2.90. The lowest BCUT2D eigenvalue weighted by Crippen LogP contribution is -2.49. The molecule has 0 aliphatic carbocycles. The van der Waals surface area contributed by atoms with E-state index in [0.717, 1.165) is 32.5 Å². The first-order chi connectivity index (χ1) is 9.48. The number of hydrogen-bond acceptors (Lipinski definition) is 5. The molecular formula is C13H25N3O3S. The average Bonchev–Trinajstić information content (AvgIpc) is 2.38.